The van der Waals surface area contributed by atoms with E-state index in [1.165, 1.54) is 30.3 Å². The first kappa shape index (κ1) is 11.9. The van der Waals surface area contributed by atoms with Gasteiger partial charge in [-0.3, -0.25) is 20.2 Å². The fraction of sp³-hybridized carbons (Fsp3) is 0. The van der Waals surface area contributed by atoms with Gasteiger partial charge in [0.15, 0.2) is 17.2 Å². The van der Waals surface area contributed by atoms with Gasteiger partial charge in [0.05, 0.1) is 15.5 Å². The van der Waals surface area contributed by atoms with Crippen LogP contribution in [0.3, 0.4) is 0 Å². The van der Waals surface area contributed by atoms with Gasteiger partial charge in [0, 0.05) is 18.2 Å². The quantitative estimate of drug-likeness (QED) is 0.566. The Kier molecular flexibility index (Phi) is 2.50. The second-order valence-corrected chi connectivity index (χ2v) is 4.07. The molecule has 0 saturated carbocycles. The van der Waals surface area contributed by atoms with Crippen molar-refractivity contribution in [1.29, 1.82) is 0 Å². The average Bonchev–Trinajstić information content (AvgIpc) is 2.43. The molecule has 3 rings (SSSR count). The molecule has 1 heterocycles. The van der Waals surface area contributed by atoms with Gasteiger partial charge in [-0.2, -0.15) is 0 Å². The summed E-state index contributed by atoms with van der Waals surface area (Å²) in [5, 5.41) is 24.5. The highest BCUT2D eigenvalue weighted by Gasteiger charge is 2.25. The van der Waals surface area contributed by atoms with Gasteiger partial charge in [-0.25, -0.2) is 0 Å². The van der Waals surface area contributed by atoms with Crippen LogP contribution in [-0.4, -0.2) is 9.85 Å². The maximum Gasteiger partial charge on any atom is 0.296 e. The second-order valence-electron chi connectivity index (χ2n) is 4.07. The van der Waals surface area contributed by atoms with Gasteiger partial charge < -0.3 is 10.1 Å². The monoisotopic (exact) mass is 273 g/mol. The summed E-state index contributed by atoms with van der Waals surface area (Å²) in [5.74, 6) is 0.684. The third-order valence-corrected chi connectivity index (χ3v) is 2.85. The SMILES string of the molecule is O=[N+]([O-])c1ccc2c(c1)Nc1c(cccc1[N+](=O)[O-])O2. The first-order valence-corrected chi connectivity index (χ1v) is 5.57. The summed E-state index contributed by atoms with van der Waals surface area (Å²) < 4.78 is 5.51. The van der Waals surface area contributed by atoms with Crippen molar-refractivity contribution in [1.82, 2.24) is 0 Å². The van der Waals surface area contributed by atoms with E-state index in [0.29, 0.717) is 17.2 Å². The van der Waals surface area contributed by atoms with Crippen LogP contribution in [0.5, 0.6) is 11.5 Å². The van der Waals surface area contributed by atoms with Crippen LogP contribution >= 0.6 is 0 Å². The second kappa shape index (κ2) is 4.19. The largest absolute Gasteiger partial charge is 0.453 e. The lowest BCUT2D eigenvalue weighted by Gasteiger charge is -2.20. The highest BCUT2D eigenvalue weighted by Crippen LogP contribution is 2.46. The van der Waals surface area contributed by atoms with Gasteiger partial charge in [0.25, 0.3) is 11.4 Å². The van der Waals surface area contributed by atoms with Crippen molar-refractivity contribution >= 4 is 22.7 Å². The van der Waals surface area contributed by atoms with E-state index in [2.05, 4.69) is 5.32 Å². The van der Waals surface area contributed by atoms with Crippen LogP contribution in [0.2, 0.25) is 0 Å². The van der Waals surface area contributed by atoms with Crippen molar-refractivity contribution in [3.8, 4) is 11.5 Å². The molecule has 0 saturated heterocycles. The maximum absolute atomic E-state index is 11.0. The highest BCUT2D eigenvalue weighted by atomic mass is 16.6. The number of ether oxygens (including phenoxy) is 1. The van der Waals surface area contributed by atoms with Crippen molar-refractivity contribution in [2.75, 3.05) is 5.32 Å². The van der Waals surface area contributed by atoms with Crippen LogP contribution in [0.25, 0.3) is 0 Å². The number of nitro benzene ring substituents is 2. The van der Waals surface area contributed by atoms with Gasteiger partial charge in [-0.15, -0.1) is 0 Å². The number of benzene rings is 2. The first-order valence-electron chi connectivity index (χ1n) is 5.57. The number of anilines is 2. The molecule has 0 aromatic heterocycles. The number of rotatable bonds is 2. The van der Waals surface area contributed by atoms with E-state index in [-0.39, 0.29) is 17.1 Å². The van der Waals surface area contributed by atoms with E-state index >= 15 is 0 Å². The number of fused-ring (bicyclic) bond motifs is 2. The molecule has 0 atom stereocenters. The minimum Gasteiger partial charge on any atom is -0.453 e. The molecule has 8 heteroatoms. The fourth-order valence-corrected chi connectivity index (χ4v) is 1.95. The predicted octanol–water partition coefficient (Wildman–Crippen LogP) is 3.35. The third kappa shape index (κ3) is 1.79. The Balaban J connectivity index is 2.10. The standard InChI is InChI=1S/C12H7N3O5/c16-14(17)7-4-5-10-8(6-7)13-12-9(15(18)19)2-1-3-11(12)20-10/h1-6,13H. The lowest BCUT2D eigenvalue weighted by molar-refractivity contribution is -0.384. The van der Waals surface area contributed by atoms with Crippen LogP contribution in [0.1, 0.15) is 0 Å². The molecule has 0 fully saturated rings. The molecular weight excluding hydrogens is 266 g/mol. The van der Waals surface area contributed by atoms with Gasteiger partial charge in [0.2, 0.25) is 0 Å². The molecular formula is C12H7N3O5. The lowest BCUT2D eigenvalue weighted by atomic mass is 10.1. The third-order valence-electron chi connectivity index (χ3n) is 2.85. The molecule has 0 aliphatic carbocycles. The number of para-hydroxylation sites is 1. The summed E-state index contributed by atoms with van der Waals surface area (Å²) in [6.07, 6.45) is 0. The molecule has 0 spiro atoms. The topological polar surface area (TPSA) is 108 Å². The molecule has 1 aliphatic rings. The molecule has 1 aliphatic heterocycles. The maximum atomic E-state index is 11.0. The van der Waals surface area contributed by atoms with Gasteiger partial charge in [0.1, 0.15) is 0 Å². The van der Waals surface area contributed by atoms with E-state index in [1.54, 1.807) is 6.07 Å². The summed E-state index contributed by atoms with van der Waals surface area (Å²) in [7, 11) is 0. The van der Waals surface area contributed by atoms with E-state index in [4.69, 9.17) is 4.74 Å². The van der Waals surface area contributed by atoms with Gasteiger partial charge in [-0.05, 0) is 12.1 Å². The molecule has 2 aromatic rings. The Morgan fingerprint density at radius 3 is 2.50 bits per heavy atom. The Hall–Kier alpha value is -3.16. The number of non-ortho nitro benzene ring substituents is 1. The van der Waals surface area contributed by atoms with E-state index in [9.17, 15) is 20.2 Å². The van der Waals surface area contributed by atoms with Crippen LogP contribution in [0.15, 0.2) is 36.4 Å². The minimum atomic E-state index is -0.545. The number of nitrogens with one attached hydrogen (secondary N) is 1. The Morgan fingerprint density at radius 1 is 1.00 bits per heavy atom. The molecule has 100 valence electrons. The fourth-order valence-electron chi connectivity index (χ4n) is 1.95. The number of nitrogens with zero attached hydrogens (tertiary/aromatic N) is 2. The molecule has 0 unspecified atom stereocenters. The van der Waals surface area contributed by atoms with Crippen LogP contribution < -0.4 is 10.1 Å². The van der Waals surface area contributed by atoms with Crippen molar-refractivity contribution in [3.63, 3.8) is 0 Å². The van der Waals surface area contributed by atoms with E-state index in [0.717, 1.165) is 0 Å². The molecule has 20 heavy (non-hydrogen) atoms. The normalized spacial score (nSPS) is 11.6. The summed E-state index contributed by atoms with van der Waals surface area (Å²) in [6.45, 7) is 0. The Labute approximate surface area is 111 Å². The zero-order valence-electron chi connectivity index (χ0n) is 9.90. The molecule has 2 aromatic carbocycles. The van der Waals surface area contributed by atoms with Gasteiger partial charge in [-0.1, -0.05) is 6.07 Å². The van der Waals surface area contributed by atoms with Gasteiger partial charge >= 0.3 is 0 Å². The van der Waals surface area contributed by atoms with Crippen molar-refractivity contribution in [2.24, 2.45) is 0 Å². The molecule has 0 bridgehead atoms. The zero-order chi connectivity index (χ0) is 14.3. The summed E-state index contributed by atoms with van der Waals surface area (Å²) in [4.78, 5) is 20.6. The molecule has 8 nitrogen and oxygen atoms in total. The Morgan fingerprint density at radius 2 is 1.80 bits per heavy atom. The zero-order valence-corrected chi connectivity index (χ0v) is 9.90. The predicted molar refractivity (Wildman–Crippen MR) is 69.5 cm³/mol. The van der Waals surface area contributed by atoms with E-state index < -0.39 is 9.85 Å². The van der Waals surface area contributed by atoms with Crippen LogP contribution in [-0.2, 0) is 0 Å². The van der Waals surface area contributed by atoms with Crippen molar-refractivity contribution in [3.05, 3.63) is 56.6 Å². The highest BCUT2D eigenvalue weighted by molar-refractivity contribution is 5.82. The van der Waals surface area contributed by atoms with E-state index in [1.807, 2.05) is 0 Å². The number of nitro groups is 2. The number of hydrogen-bond acceptors (Lipinski definition) is 6. The average molecular weight is 273 g/mol. The first-order chi connectivity index (χ1) is 9.56. The molecule has 1 N–H and O–H groups in total. The Bertz CT molecular complexity index is 744. The summed E-state index contributed by atoms with van der Waals surface area (Å²) >= 11 is 0. The van der Waals surface area contributed by atoms with Crippen molar-refractivity contribution < 1.29 is 14.6 Å². The molecule has 0 radical (unpaired) electrons. The molecule has 0 amide bonds. The smallest absolute Gasteiger partial charge is 0.296 e. The van der Waals surface area contributed by atoms with Crippen LogP contribution in [0, 0.1) is 20.2 Å². The van der Waals surface area contributed by atoms with Crippen LogP contribution in [0.4, 0.5) is 22.7 Å². The number of hydrogen-bond donors (Lipinski definition) is 1. The lowest BCUT2D eigenvalue weighted by Crippen LogP contribution is -2.06. The minimum absolute atomic E-state index is 0.123. The summed E-state index contributed by atoms with van der Waals surface area (Å²) in [6, 6.07) is 8.45. The summed E-state index contributed by atoms with van der Waals surface area (Å²) in [5.41, 5.74) is 0.230. The van der Waals surface area contributed by atoms with Crippen molar-refractivity contribution in [2.45, 2.75) is 0 Å².